The summed E-state index contributed by atoms with van der Waals surface area (Å²) in [5.74, 6) is -0.591. The van der Waals surface area contributed by atoms with E-state index in [0.717, 1.165) is 15.7 Å². The van der Waals surface area contributed by atoms with Gasteiger partial charge in [-0.05, 0) is 41.1 Å². The summed E-state index contributed by atoms with van der Waals surface area (Å²) in [4.78, 5) is 13.0. The van der Waals surface area contributed by atoms with Crippen molar-refractivity contribution in [2.45, 2.75) is 4.90 Å². The zero-order valence-corrected chi connectivity index (χ0v) is 13.6. The van der Waals surface area contributed by atoms with Crippen LogP contribution >= 0.6 is 23.4 Å². The molecule has 0 aliphatic carbocycles. The van der Waals surface area contributed by atoms with Crippen LogP contribution in [0.4, 0.5) is 10.1 Å². The van der Waals surface area contributed by atoms with Crippen LogP contribution in [0.25, 0.3) is 10.8 Å². The number of hydrogen-bond acceptors (Lipinski definition) is 2. The monoisotopic (exact) mass is 345 g/mol. The first kappa shape index (κ1) is 15.8. The van der Waals surface area contributed by atoms with Gasteiger partial charge in [-0.1, -0.05) is 41.9 Å². The van der Waals surface area contributed by atoms with Crippen LogP contribution in [-0.2, 0) is 4.79 Å². The zero-order chi connectivity index (χ0) is 16.2. The Morgan fingerprint density at radius 3 is 2.61 bits per heavy atom. The van der Waals surface area contributed by atoms with Gasteiger partial charge in [-0.3, -0.25) is 4.79 Å². The van der Waals surface area contributed by atoms with Gasteiger partial charge in [0.25, 0.3) is 0 Å². The van der Waals surface area contributed by atoms with Crippen molar-refractivity contribution in [2.24, 2.45) is 0 Å². The number of fused-ring (bicyclic) bond motifs is 1. The molecule has 3 aromatic carbocycles. The molecule has 5 heteroatoms. The Morgan fingerprint density at radius 2 is 1.83 bits per heavy atom. The van der Waals surface area contributed by atoms with Crippen molar-refractivity contribution < 1.29 is 9.18 Å². The van der Waals surface area contributed by atoms with E-state index in [2.05, 4.69) is 5.32 Å². The summed E-state index contributed by atoms with van der Waals surface area (Å²) >= 11 is 7.10. The number of amides is 1. The lowest BCUT2D eigenvalue weighted by Gasteiger charge is -2.07. The number of carbonyl (C=O) groups excluding carboxylic acids is 1. The molecular weight excluding hydrogens is 333 g/mol. The summed E-state index contributed by atoms with van der Waals surface area (Å²) in [6.45, 7) is 0. The van der Waals surface area contributed by atoms with Crippen LogP contribution in [0.3, 0.4) is 0 Å². The number of anilines is 1. The number of hydrogen-bond donors (Lipinski definition) is 1. The maximum atomic E-state index is 13.6. The highest BCUT2D eigenvalue weighted by molar-refractivity contribution is 8.00. The lowest BCUT2D eigenvalue weighted by atomic mass is 10.1. The Hall–Kier alpha value is -2.04. The van der Waals surface area contributed by atoms with Crippen LogP contribution in [0.1, 0.15) is 0 Å². The molecule has 0 bridgehead atoms. The van der Waals surface area contributed by atoms with Gasteiger partial charge in [0, 0.05) is 9.92 Å². The minimum atomic E-state index is -0.540. The van der Waals surface area contributed by atoms with Crippen molar-refractivity contribution >= 4 is 45.7 Å². The van der Waals surface area contributed by atoms with Crippen molar-refractivity contribution in [1.29, 1.82) is 0 Å². The predicted octanol–water partition coefficient (Wildman–Crippen LogP) is 5.36. The Bertz CT molecular complexity index is 869. The SMILES string of the molecule is O=C(CSc1ccc2ccccc2c1)Nc1ccc(Cl)cc1F. The first-order valence-electron chi connectivity index (χ1n) is 6.98. The molecule has 0 atom stereocenters. The molecule has 23 heavy (non-hydrogen) atoms. The molecule has 116 valence electrons. The van der Waals surface area contributed by atoms with E-state index < -0.39 is 5.82 Å². The molecule has 0 heterocycles. The van der Waals surface area contributed by atoms with Crippen molar-refractivity contribution in [3.63, 3.8) is 0 Å². The second-order valence-electron chi connectivity index (χ2n) is 4.97. The van der Waals surface area contributed by atoms with E-state index in [0.29, 0.717) is 5.02 Å². The van der Waals surface area contributed by atoms with E-state index in [1.165, 1.54) is 30.0 Å². The molecule has 0 aliphatic heterocycles. The van der Waals surface area contributed by atoms with Crippen molar-refractivity contribution in [2.75, 3.05) is 11.1 Å². The van der Waals surface area contributed by atoms with Gasteiger partial charge in [0.15, 0.2) is 0 Å². The van der Waals surface area contributed by atoms with Crippen molar-refractivity contribution in [3.05, 3.63) is 71.5 Å². The predicted molar refractivity (Wildman–Crippen MR) is 94.7 cm³/mol. The number of nitrogens with one attached hydrogen (secondary N) is 1. The molecule has 0 fully saturated rings. The number of thioether (sulfide) groups is 1. The number of halogens is 2. The summed E-state index contributed by atoms with van der Waals surface area (Å²) in [6.07, 6.45) is 0. The third-order valence-corrected chi connectivity index (χ3v) is 4.52. The summed E-state index contributed by atoms with van der Waals surface area (Å²) in [5.41, 5.74) is 0.138. The fraction of sp³-hybridized carbons (Fsp3) is 0.0556. The average molecular weight is 346 g/mol. The van der Waals surface area contributed by atoms with Crippen LogP contribution in [0.2, 0.25) is 5.02 Å². The molecule has 0 radical (unpaired) electrons. The summed E-state index contributed by atoms with van der Waals surface area (Å²) in [7, 11) is 0. The van der Waals surface area contributed by atoms with E-state index in [4.69, 9.17) is 11.6 Å². The van der Waals surface area contributed by atoms with Crippen molar-refractivity contribution in [3.8, 4) is 0 Å². The molecule has 0 unspecified atom stereocenters. The standard InChI is InChI=1S/C18H13ClFNOS/c19-14-6-8-17(16(20)10-14)21-18(22)11-23-15-7-5-12-3-1-2-4-13(12)9-15/h1-10H,11H2,(H,21,22). The maximum Gasteiger partial charge on any atom is 0.234 e. The minimum absolute atomic E-state index is 0.138. The molecule has 3 aromatic rings. The Kier molecular flexibility index (Phi) is 4.84. The van der Waals surface area contributed by atoms with Crippen LogP contribution in [0.15, 0.2) is 65.6 Å². The highest BCUT2D eigenvalue weighted by atomic mass is 35.5. The number of carbonyl (C=O) groups is 1. The van der Waals surface area contributed by atoms with Gasteiger partial charge in [-0.2, -0.15) is 0 Å². The Labute approximate surface area is 142 Å². The molecule has 3 rings (SSSR count). The van der Waals surface area contributed by atoms with Gasteiger partial charge in [-0.25, -0.2) is 4.39 Å². The summed E-state index contributed by atoms with van der Waals surface area (Å²) in [6, 6.07) is 18.2. The van der Waals surface area contributed by atoms with E-state index >= 15 is 0 Å². The third kappa shape index (κ3) is 4.03. The molecule has 2 nitrogen and oxygen atoms in total. The largest absolute Gasteiger partial charge is 0.323 e. The molecule has 0 saturated carbocycles. The lowest BCUT2D eigenvalue weighted by molar-refractivity contribution is -0.113. The van der Waals surface area contributed by atoms with Crippen LogP contribution < -0.4 is 5.32 Å². The average Bonchev–Trinajstić information content (AvgIpc) is 2.55. The molecular formula is C18H13ClFNOS. The number of benzene rings is 3. The second kappa shape index (κ2) is 7.02. The van der Waals surface area contributed by atoms with Crippen LogP contribution in [0.5, 0.6) is 0 Å². The highest BCUT2D eigenvalue weighted by Gasteiger charge is 2.08. The van der Waals surface area contributed by atoms with Gasteiger partial charge in [0.05, 0.1) is 11.4 Å². The molecule has 1 N–H and O–H groups in total. The molecule has 0 saturated heterocycles. The third-order valence-electron chi connectivity index (χ3n) is 3.30. The topological polar surface area (TPSA) is 29.1 Å². The highest BCUT2D eigenvalue weighted by Crippen LogP contribution is 2.24. The van der Waals surface area contributed by atoms with E-state index in [1.54, 1.807) is 0 Å². The van der Waals surface area contributed by atoms with Gasteiger partial charge in [0.1, 0.15) is 5.82 Å². The van der Waals surface area contributed by atoms with E-state index in [9.17, 15) is 9.18 Å². The van der Waals surface area contributed by atoms with E-state index in [1.807, 2.05) is 42.5 Å². The summed E-state index contributed by atoms with van der Waals surface area (Å²) in [5, 5.41) is 5.13. The molecule has 0 aliphatic rings. The van der Waals surface area contributed by atoms with E-state index in [-0.39, 0.29) is 17.3 Å². The smallest absolute Gasteiger partial charge is 0.234 e. The zero-order valence-electron chi connectivity index (χ0n) is 12.1. The van der Waals surface area contributed by atoms with Gasteiger partial charge < -0.3 is 5.32 Å². The quantitative estimate of drug-likeness (QED) is 0.645. The fourth-order valence-corrected chi connectivity index (χ4v) is 3.09. The first-order chi connectivity index (χ1) is 11.1. The maximum absolute atomic E-state index is 13.6. The van der Waals surface area contributed by atoms with Gasteiger partial charge >= 0.3 is 0 Å². The Morgan fingerprint density at radius 1 is 1.04 bits per heavy atom. The lowest BCUT2D eigenvalue weighted by Crippen LogP contribution is -2.14. The fourth-order valence-electron chi connectivity index (χ4n) is 2.18. The molecule has 0 aromatic heterocycles. The summed E-state index contributed by atoms with van der Waals surface area (Å²) < 4.78 is 13.6. The molecule has 0 spiro atoms. The van der Waals surface area contributed by atoms with Gasteiger partial charge in [-0.15, -0.1) is 11.8 Å². The minimum Gasteiger partial charge on any atom is -0.323 e. The second-order valence-corrected chi connectivity index (χ2v) is 6.46. The van der Waals surface area contributed by atoms with Crippen molar-refractivity contribution in [1.82, 2.24) is 0 Å². The first-order valence-corrected chi connectivity index (χ1v) is 8.35. The van der Waals surface area contributed by atoms with Crippen LogP contribution in [0, 0.1) is 5.82 Å². The van der Waals surface area contributed by atoms with Gasteiger partial charge in [0.2, 0.25) is 5.91 Å². The Balaban J connectivity index is 1.63. The normalized spacial score (nSPS) is 10.7. The molecule has 1 amide bonds. The van der Waals surface area contributed by atoms with Crippen LogP contribution in [-0.4, -0.2) is 11.7 Å². The number of rotatable bonds is 4.